The molecule has 0 aliphatic carbocycles. The Morgan fingerprint density at radius 1 is 1.12 bits per heavy atom. The molecule has 122 valence electrons. The minimum Gasteiger partial charge on any atom is -0.411 e. The van der Waals surface area contributed by atoms with Crippen molar-refractivity contribution in [2.24, 2.45) is 0 Å². The van der Waals surface area contributed by atoms with Crippen molar-refractivity contribution in [2.75, 3.05) is 5.32 Å². The lowest BCUT2D eigenvalue weighted by Crippen LogP contribution is -2.05. The van der Waals surface area contributed by atoms with Crippen molar-refractivity contribution in [3.8, 4) is 11.5 Å². The lowest BCUT2D eigenvalue weighted by atomic mass is 10.2. The highest BCUT2D eigenvalue weighted by molar-refractivity contribution is 7.98. The fourth-order valence-electron chi connectivity index (χ4n) is 2.01. The minimum absolute atomic E-state index is 0.110. The number of nitrogens with zero attached hydrogens (tertiary/aromatic N) is 2. The third-order valence-electron chi connectivity index (χ3n) is 3.13. The molecule has 0 unspecified atom stereocenters. The van der Waals surface area contributed by atoms with E-state index in [9.17, 15) is 4.79 Å². The second-order valence-electron chi connectivity index (χ2n) is 5.05. The molecule has 3 rings (SSSR count). The zero-order valence-electron chi connectivity index (χ0n) is 12.8. The molecule has 1 amide bonds. The molecule has 5 nitrogen and oxygen atoms in total. The molecule has 0 spiro atoms. The van der Waals surface area contributed by atoms with Gasteiger partial charge in [0, 0.05) is 29.0 Å². The van der Waals surface area contributed by atoms with Gasteiger partial charge in [0.25, 0.3) is 5.22 Å². The predicted molar refractivity (Wildman–Crippen MR) is 95.1 cm³/mol. The molecule has 0 bridgehead atoms. The van der Waals surface area contributed by atoms with Crippen LogP contribution in [0.25, 0.3) is 11.5 Å². The van der Waals surface area contributed by atoms with Crippen LogP contribution >= 0.6 is 23.4 Å². The van der Waals surface area contributed by atoms with E-state index in [-0.39, 0.29) is 5.91 Å². The number of hydrogen-bond acceptors (Lipinski definition) is 5. The molecule has 0 saturated heterocycles. The maximum absolute atomic E-state index is 11.0. The maximum Gasteiger partial charge on any atom is 0.277 e. The summed E-state index contributed by atoms with van der Waals surface area (Å²) in [5.74, 6) is 1.06. The summed E-state index contributed by atoms with van der Waals surface area (Å²) in [5.41, 5.74) is 2.65. The molecule has 1 heterocycles. The number of nitrogens with one attached hydrogen (secondary N) is 1. The van der Waals surface area contributed by atoms with Crippen molar-refractivity contribution >= 4 is 35.0 Å². The number of rotatable bonds is 5. The first-order valence-corrected chi connectivity index (χ1v) is 8.55. The van der Waals surface area contributed by atoms with E-state index in [0.29, 0.717) is 16.1 Å². The van der Waals surface area contributed by atoms with E-state index in [1.165, 1.54) is 18.7 Å². The third-order valence-corrected chi connectivity index (χ3v) is 4.28. The lowest BCUT2D eigenvalue weighted by Gasteiger charge is -2.01. The van der Waals surface area contributed by atoms with E-state index in [1.807, 2.05) is 36.4 Å². The summed E-state index contributed by atoms with van der Waals surface area (Å²) in [6.07, 6.45) is 0. The summed E-state index contributed by atoms with van der Waals surface area (Å²) >= 11 is 7.33. The highest BCUT2D eigenvalue weighted by Gasteiger charge is 2.09. The SMILES string of the molecule is CC(=O)Nc1ccc(-c2nnc(SCc3ccc(Cl)cc3)o2)cc1. The highest BCUT2D eigenvalue weighted by atomic mass is 35.5. The molecule has 0 radical (unpaired) electrons. The number of thioether (sulfide) groups is 1. The monoisotopic (exact) mass is 359 g/mol. The normalized spacial score (nSPS) is 10.6. The summed E-state index contributed by atoms with van der Waals surface area (Å²) in [7, 11) is 0. The average molecular weight is 360 g/mol. The van der Waals surface area contributed by atoms with Gasteiger partial charge in [0.15, 0.2) is 0 Å². The highest BCUT2D eigenvalue weighted by Crippen LogP contribution is 2.26. The van der Waals surface area contributed by atoms with Gasteiger partial charge in [-0.2, -0.15) is 0 Å². The minimum atomic E-state index is -0.110. The molecule has 7 heteroatoms. The van der Waals surface area contributed by atoms with Gasteiger partial charge in [-0.05, 0) is 42.0 Å². The Bertz CT molecular complexity index is 832. The average Bonchev–Trinajstić information content (AvgIpc) is 3.03. The predicted octanol–water partition coefficient (Wildman–Crippen LogP) is 4.64. The molecule has 3 aromatic rings. The zero-order chi connectivity index (χ0) is 16.9. The van der Waals surface area contributed by atoms with Crippen LogP contribution in [0.1, 0.15) is 12.5 Å². The van der Waals surface area contributed by atoms with Crippen molar-refractivity contribution in [3.05, 3.63) is 59.1 Å². The zero-order valence-corrected chi connectivity index (χ0v) is 14.4. The number of hydrogen-bond donors (Lipinski definition) is 1. The smallest absolute Gasteiger partial charge is 0.277 e. The Labute approximate surface area is 148 Å². The van der Waals surface area contributed by atoms with Crippen molar-refractivity contribution in [3.63, 3.8) is 0 Å². The van der Waals surface area contributed by atoms with Crippen LogP contribution in [-0.4, -0.2) is 16.1 Å². The summed E-state index contributed by atoms with van der Waals surface area (Å²) < 4.78 is 5.66. The molecule has 1 aromatic heterocycles. The molecule has 1 N–H and O–H groups in total. The van der Waals surface area contributed by atoms with Gasteiger partial charge in [0.2, 0.25) is 11.8 Å². The number of halogens is 1. The van der Waals surface area contributed by atoms with Crippen molar-refractivity contribution < 1.29 is 9.21 Å². The molecule has 24 heavy (non-hydrogen) atoms. The number of carbonyl (C=O) groups excluding carboxylic acids is 1. The third kappa shape index (κ3) is 4.37. The van der Waals surface area contributed by atoms with E-state index in [4.69, 9.17) is 16.0 Å². The van der Waals surface area contributed by atoms with Crippen LogP contribution in [-0.2, 0) is 10.5 Å². The van der Waals surface area contributed by atoms with E-state index in [0.717, 1.165) is 22.6 Å². The van der Waals surface area contributed by atoms with Crippen molar-refractivity contribution in [1.82, 2.24) is 10.2 Å². The quantitative estimate of drug-likeness (QED) is 0.672. The number of aromatic nitrogens is 2. The van der Waals surface area contributed by atoms with Crippen LogP contribution in [0.2, 0.25) is 5.02 Å². The second kappa shape index (κ2) is 7.51. The number of carbonyl (C=O) groups is 1. The van der Waals surface area contributed by atoms with Gasteiger partial charge in [-0.15, -0.1) is 10.2 Å². The van der Waals surface area contributed by atoms with Gasteiger partial charge < -0.3 is 9.73 Å². The number of benzene rings is 2. The van der Waals surface area contributed by atoms with Gasteiger partial charge in [0.05, 0.1) is 0 Å². The molecule has 0 saturated carbocycles. The molecule has 2 aromatic carbocycles. The van der Waals surface area contributed by atoms with Crippen LogP contribution < -0.4 is 5.32 Å². The standard InChI is InChI=1S/C17H14ClN3O2S/c1-11(22)19-15-8-4-13(5-9-15)16-20-21-17(23-16)24-10-12-2-6-14(18)7-3-12/h2-9H,10H2,1H3,(H,19,22). The van der Waals surface area contributed by atoms with Crippen molar-refractivity contribution in [2.45, 2.75) is 17.9 Å². The number of anilines is 1. The Hall–Kier alpha value is -2.31. The van der Waals surface area contributed by atoms with Crippen LogP contribution in [0.15, 0.2) is 58.2 Å². The Morgan fingerprint density at radius 3 is 2.50 bits per heavy atom. The Kier molecular flexibility index (Phi) is 5.17. The molecule has 0 atom stereocenters. The molecular weight excluding hydrogens is 346 g/mol. The topological polar surface area (TPSA) is 68.0 Å². The first kappa shape index (κ1) is 16.5. The molecule has 0 aliphatic heterocycles. The molecule has 0 fully saturated rings. The van der Waals surface area contributed by atoms with Gasteiger partial charge in [-0.1, -0.05) is 35.5 Å². The lowest BCUT2D eigenvalue weighted by molar-refractivity contribution is -0.114. The van der Waals surface area contributed by atoms with E-state index in [1.54, 1.807) is 12.1 Å². The summed E-state index contributed by atoms with van der Waals surface area (Å²) in [5, 5.41) is 12.0. The maximum atomic E-state index is 11.0. The fraction of sp³-hybridized carbons (Fsp3) is 0.118. The summed E-state index contributed by atoms with van der Waals surface area (Å²) in [6, 6.07) is 14.9. The Balaban J connectivity index is 1.64. The fourth-order valence-corrected chi connectivity index (χ4v) is 2.85. The van der Waals surface area contributed by atoms with Gasteiger partial charge in [-0.25, -0.2) is 0 Å². The van der Waals surface area contributed by atoms with Gasteiger partial charge in [0.1, 0.15) is 0 Å². The van der Waals surface area contributed by atoms with Crippen LogP contribution in [0.4, 0.5) is 5.69 Å². The molecular formula is C17H14ClN3O2S. The first-order chi connectivity index (χ1) is 11.6. The Morgan fingerprint density at radius 2 is 1.83 bits per heavy atom. The first-order valence-electron chi connectivity index (χ1n) is 7.19. The van der Waals surface area contributed by atoms with E-state index < -0.39 is 0 Å². The number of amides is 1. The van der Waals surface area contributed by atoms with Crippen LogP contribution in [0.3, 0.4) is 0 Å². The molecule has 0 aliphatic rings. The second-order valence-corrected chi connectivity index (χ2v) is 6.41. The van der Waals surface area contributed by atoms with Crippen LogP contribution in [0, 0.1) is 0 Å². The van der Waals surface area contributed by atoms with E-state index in [2.05, 4.69) is 15.5 Å². The summed E-state index contributed by atoms with van der Waals surface area (Å²) in [6.45, 7) is 1.47. The van der Waals surface area contributed by atoms with Crippen LogP contribution in [0.5, 0.6) is 0 Å². The van der Waals surface area contributed by atoms with E-state index >= 15 is 0 Å². The largest absolute Gasteiger partial charge is 0.411 e. The van der Waals surface area contributed by atoms with Gasteiger partial charge >= 0.3 is 0 Å². The summed E-state index contributed by atoms with van der Waals surface area (Å²) in [4.78, 5) is 11.0. The van der Waals surface area contributed by atoms with Gasteiger partial charge in [-0.3, -0.25) is 4.79 Å². The van der Waals surface area contributed by atoms with Crippen molar-refractivity contribution in [1.29, 1.82) is 0 Å².